The molecule has 5 aliphatic rings. The van der Waals surface area contributed by atoms with Crippen molar-refractivity contribution >= 4 is 88.8 Å². The zero-order valence-corrected chi connectivity index (χ0v) is 34.7. The molecule has 0 spiro atoms. The van der Waals surface area contributed by atoms with Crippen LogP contribution in [0.1, 0.15) is 64.7 Å². The third-order valence-electron chi connectivity index (χ3n) is 9.87. The van der Waals surface area contributed by atoms with E-state index in [0.717, 1.165) is 42.5 Å². The summed E-state index contributed by atoms with van der Waals surface area (Å²) in [6.45, 7) is 2.17. The van der Waals surface area contributed by atoms with Crippen molar-refractivity contribution < 1.29 is 86.3 Å². The van der Waals surface area contributed by atoms with Crippen molar-refractivity contribution in [1.82, 2.24) is 24.9 Å². The minimum atomic E-state index is -2.90. The Balaban J connectivity index is 0.000000285. The van der Waals surface area contributed by atoms with E-state index in [1.165, 1.54) is 24.0 Å². The van der Waals surface area contributed by atoms with E-state index < -0.39 is 51.0 Å². The zero-order chi connectivity index (χ0) is 39.0. The number of likely N-dealkylation sites (tertiary alicyclic amines) is 1. The van der Waals surface area contributed by atoms with Gasteiger partial charge in [-0.3, -0.25) is 57.1 Å². The molecule has 0 aromatic heterocycles. The molecule has 0 radical (unpaired) electrons. The smallest absolute Gasteiger partial charge is 0.768 e. The van der Waals surface area contributed by atoms with Crippen LogP contribution < -0.4 is 39.6 Å². The molecule has 5 rings (SSSR count). The Morgan fingerprint density at radius 1 is 0.907 bits per heavy atom. The number of hydrogen-bond donors (Lipinski definition) is 3. The number of Topliss-reactive ketones (excluding diaryl/α,β-unsaturated/α-hetero) is 1. The van der Waals surface area contributed by atoms with Gasteiger partial charge in [0, 0.05) is 56.5 Å². The normalized spacial score (nSPS) is 26.6. The standard InChI is InChI=1S/C17H27N3O4S2.C16H16N2O8S.Na/c1-10(21)13(9-25)19-26-14-7-15(22)20(17(14)24)8-11-3-5-12(6-4-11)16(23)18-2;19-12-5-6-13(20)17(12)8-9-1-3-10(4-2-9)16(23)26-18-14(21)7-11(15(18)22)27(24)25;/h11-14,19,25H,3-9H2,1-2H3,(H,18,23);5-7,9-10H,1-4,8H2,(H,24,25);/q;;+1/p-1/t11?,12?,13-,14?;;/m0../s1. The van der Waals surface area contributed by atoms with Gasteiger partial charge >= 0.3 is 41.4 Å². The summed E-state index contributed by atoms with van der Waals surface area (Å²) in [5.74, 6) is -3.94. The van der Waals surface area contributed by atoms with E-state index in [-0.39, 0.29) is 101 Å². The first-order chi connectivity index (χ1) is 25.1. The fraction of sp³-hybridized carbons (Fsp3) is 0.606. The first-order valence-corrected chi connectivity index (χ1v) is 19.8. The summed E-state index contributed by atoms with van der Waals surface area (Å²) >= 11 is 2.36. The van der Waals surface area contributed by atoms with Gasteiger partial charge in [0.1, 0.15) is 11.0 Å². The van der Waals surface area contributed by atoms with E-state index in [0.29, 0.717) is 44.1 Å². The van der Waals surface area contributed by atoms with E-state index in [2.05, 4.69) is 22.7 Å². The Labute approximate surface area is 346 Å². The Kier molecular flexibility index (Phi) is 17.7. The van der Waals surface area contributed by atoms with E-state index in [1.807, 2.05) is 0 Å². The van der Waals surface area contributed by atoms with Gasteiger partial charge in [0.15, 0.2) is 0 Å². The molecular weight excluding hydrogens is 778 g/mol. The average molecular weight is 820 g/mol. The second-order valence-electron chi connectivity index (χ2n) is 13.4. The Morgan fingerprint density at radius 2 is 1.44 bits per heavy atom. The molecule has 2 N–H and O–H groups in total. The molecule has 2 unspecified atom stereocenters. The molecule has 290 valence electrons. The number of carbonyl (C=O) groups excluding carboxylic acids is 9. The summed E-state index contributed by atoms with van der Waals surface area (Å²) < 4.78 is 24.7. The predicted octanol–water partition coefficient (Wildman–Crippen LogP) is -2.90. The van der Waals surface area contributed by atoms with Gasteiger partial charge in [-0.15, -0.1) is 0 Å². The van der Waals surface area contributed by atoms with E-state index >= 15 is 0 Å². The third kappa shape index (κ3) is 11.7. The monoisotopic (exact) mass is 819 g/mol. The van der Waals surface area contributed by atoms with E-state index in [1.54, 1.807) is 7.05 Å². The summed E-state index contributed by atoms with van der Waals surface area (Å²) in [6.07, 6.45) is 8.38. The average Bonchev–Trinajstić information content (AvgIpc) is 3.71. The van der Waals surface area contributed by atoms with Gasteiger partial charge in [0.05, 0.1) is 16.9 Å². The van der Waals surface area contributed by atoms with E-state index in [4.69, 9.17) is 4.84 Å². The molecule has 3 atom stereocenters. The Bertz CT molecular complexity index is 1590. The molecule has 0 aromatic rings. The van der Waals surface area contributed by atoms with Crippen LogP contribution in [0, 0.1) is 23.7 Å². The maximum Gasteiger partial charge on any atom is 1.00 e. The van der Waals surface area contributed by atoms with Crippen molar-refractivity contribution in [3.05, 3.63) is 23.1 Å². The second-order valence-corrected chi connectivity index (χ2v) is 15.7. The van der Waals surface area contributed by atoms with Crippen LogP contribution in [0.5, 0.6) is 0 Å². The summed E-state index contributed by atoms with van der Waals surface area (Å²) in [7, 11) is 1.65. The molecule has 54 heavy (non-hydrogen) atoms. The number of imide groups is 3. The summed E-state index contributed by atoms with van der Waals surface area (Å²) in [5.41, 5.74) is 0. The van der Waals surface area contributed by atoms with Gasteiger partial charge in [-0.25, -0.2) is 4.79 Å². The van der Waals surface area contributed by atoms with Gasteiger partial charge in [-0.2, -0.15) is 12.6 Å². The van der Waals surface area contributed by atoms with Crippen LogP contribution in [0.25, 0.3) is 0 Å². The molecule has 1 saturated heterocycles. The molecule has 3 heterocycles. The number of nitrogens with zero attached hydrogens (tertiary/aromatic N) is 3. The molecule has 7 amide bonds. The van der Waals surface area contributed by atoms with Gasteiger partial charge in [-0.05, 0) is 81.2 Å². The quantitative estimate of drug-likeness (QED) is 0.0557. The Morgan fingerprint density at radius 3 is 1.93 bits per heavy atom. The van der Waals surface area contributed by atoms with Crippen LogP contribution in [-0.4, -0.2) is 114 Å². The van der Waals surface area contributed by atoms with Gasteiger partial charge in [0.2, 0.25) is 17.7 Å². The van der Waals surface area contributed by atoms with Crippen molar-refractivity contribution in [2.45, 2.75) is 76.0 Å². The SMILES string of the molecule is CNC(=O)C1CCC(CN2C(=O)CC(SN[C@@H](CS)C(C)=O)C2=O)CC1.O=C(ON1C(=O)C=C(S(=O)[O-])C1=O)C1CCC(CN2C(=O)C=CC2=O)CC1.[Na+]. The van der Waals surface area contributed by atoms with Crippen LogP contribution in [0.2, 0.25) is 0 Å². The fourth-order valence-electron chi connectivity index (χ4n) is 6.67. The zero-order valence-electron chi connectivity index (χ0n) is 30.2. The number of hydroxylamine groups is 2. The fourth-order valence-corrected chi connectivity index (χ4v) is 8.60. The summed E-state index contributed by atoms with van der Waals surface area (Å²) in [5, 5.41) is 2.33. The Hall–Kier alpha value is -2.72. The number of carbonyl (C=O) groups is 9. The molecule has 3 fully saturated rings. The van der Waals surface area contributed by atoms with Crippen LogP contribution in [-0.2, 0) is 59.1 Å². The number of nitrogens with one attached hydrogen (secondary N) is 2. The molecule has 21 heteroatoms. The molecule has 17 nitrogen and oxygen atoms in total. The molecule has 2 saturated carbocycles. The van der Waals surface area contributed by atoms with Crippen molar-refractivity contribution in [3.63, 3.8) is 0 Å². The number of rotatable bonds is 13. The van der Waals surface area contributed by atoms with Crippen LogP contribution in [0.4, 0.5) is 0 Å². The number of amides is 7. The van der Waals surface area contributed by atoms with Crippen molar-refractivity contribution in [3.8, 4) is 0 Å². The number of hydrogen-bond acceptors (Lipinski definition) is 15. The second kappa shape index (κ2) is 21.0. The molecular formula is C33H42N5NaO12S3. The molecule has 3 aliphatic heterocycles. The first-order valence-electron chi connectivity index (χ1n) is 17.2. The molecule has 0 aromatic carbocycles. The number of ketones is 1. The first kappa shape index (κ1) is 45.7. The largest absolute Gasteiger partial charge is 1.00 e. The van der Waals surface area contributed by atoms with Crippen molar-refractivity contribution in [2.24, 2.45) is 23.7 Å². The van der Waals surface area contributed by atoms with Gasteiger partial charge in [-0.1, -0.05) is 17.0 Å². The van der Waals surface area contributed by atoms with Crippen LogP contribution in [0.15, 0.2) is 23.1 Å². The van der Waals surface area contributed by atoms with Crippen molar-refractivity contribution in [1.29, 1.82) is 0 Å². The maximum absolute atomic E-state index is 12.6. The van der Waals surface area contributed by atoms with Gasteiger partial charge in [0.25, 0.3) is 17.7 Å². The summed E-state index contributed by atoms with van der Waals surface area (Å²) in [4.78, 5) is 113. The topological polar surface area (TPSA) is 237 Å². The molecule has 0 bridgehead atoms. The predicted molar refractivity (Wildman–Crippen MR) is 190 cm³/mol. The summed E-state index contributed by atoms with van der Waals surface area (Å²) in [6, 6.07) is -0.430. The minimum absolute atomic E-state index is 0. The third-order valence-corrected chi connectivity index (χ3v) is 12.0. The van der Waals surface area contributed by atoms with Crippen LogP contribution in [0.3, 0.4) is 0 Å². The van der Waals surface area contributed by atoms with E-state index in [9.17, 15) is 51.9 Å². The van der Waals surface area contributed by atoms with Crippen LogP contribution >= 0.6 is 24.6 Å². The molecule has 2 aliphatic carbocycles. The minimum Gasteiger partial charge on any atom is -0.768 e. The number of thiol groups is 1. The maximum atomic E-state index is 12.6. The van der Waals surface area contributed by atoms with Crippen molar-refractivity contribution in [2.75, 3.05) is 25.9 Å². The van der Waals surface area contributed by atoms with Gasteiger partial charge < -0.3 is 14.7 Å².